The number of aromatic amines is 1. The van der Waals surface area contributed by atoms with Gasteiger partial charge in [0.1, 0.15) is 17.3 Å². The molecule has 0 aliphatic carbocycles. The lowest BCUT2D eigenvalue weighted by Crippen LogP contribution is -2.12. The third kappa shape index (κ3) is 2.98. The maximum atomic E-state index is 12.9. The third-order valence-corrected chi connectivity index (χ3v) is 3.33. The van der Waals surface area contributed by atoms with Crippen LogP contribution in [0.1, 0.15) is 11.3 Å². The van der Waals surface area contributed by atoms with Gasteiger partial charge in [0.05, 0.1) is 16.0 Å². The van der Waals surface area contributed by atoms with Crippen molar-refractivity contribution in [2.24, 2.45) is 0 Å². The summed E-state index contributed by atoms with van der Waals surface area (Å²) in [5.41, 5.74) is 0.0135. The number of aromatic nitrogens is 2. The Kier molecular flexibility index (Phi) is 3.78. The quantitative estimate of drug-likeness (QED) is 0.436. The maximum Gasteiger partial charge on any atom is 0.274 e. The number of nitrogens with zero attached hydrogens (tertiary/aromatic N) is 2. The summed E-state index contributed by atoms with van der Waals surface area (Å²) in [5, 5.41) is 20.8. The number of non-ortho nitro benzene ring substituents is 1. The molecule has 0 saturated heterocycles. The van der Waals surface area contributed by atoms with Crippen molar-refractivity contribution in [3.63, 3.8) is 0 Å². The van der Waals surface area contributed by atoms with Crippen LogP contribution in [0.4, 0.5) is 10.1 Å². The van der Waals surface area contributed by atoms with Gasteiger partial charge in [-0.2, -0.15) is 0 Å². The van der Waals surface area contributed by atoms with E-state index in [9.17, 15) is 24.4 Å². The van der Waals surface area contributed by atoms with Gasteiger partial charge in [-0.1, -0.05) is 0 Å². The molecular formula is C16H10FN3O4. The van der Waals surface area contributed by atoms with Crippen LogP contribution in [0.15, 0.2) is 47.3 Å². The fourth-order valence-electron chi connectivity index (χ4n) is 2.13. The lowest BCUT2D eigenvalue weighted by molar-refractivity contribution is -0.384. The molecule has 120 valence electrons. The molecule has 1 aromatic heterocycles. The number of fused-ring (bicyclic) bond motifs is 1. The molecule has 2 aromatic carbocycles. The van der Waals surface area contributed by atoms with Crippen molar-refractivity contribution < 1.29 is 14.4 Å². The maximum absolute atomic E-state index is 12.9. The molecule has 2 N–H and O–H groups in total. The van der Waals surface area contributed by atoms with E-state index in [1.807, 2.05) is 0 Å². The van der Waals surface area contributed by atoms with Crippen molar-refractivity contribution in [2.45, 2.75) is 0 Å². The van der Waals surface area contributed by atoms with Crippen LogP contribution >= 0.6 is 0 Å². The molecule has 7 nitrogen and oxygen atoms in total. The molecule has 0 bridgehead atoms. The molecule has 3 aromatic rings. The van der Waals surface area contributed by atoms with Gasteiger partial charge < -0.3 is 10.1 Å². The molecule has 0 atom stereocenters. The number of nitro groups is 1. The number of hydrogen-bond donors (Lipinski definition) is 2. The van der Waals surface area contributed by atoms with Gasteiger partial charge in [0.2, 0.25) is 0 Å². The van der Waals surface area contributed by atoms with Crippen molar-refractivity contribution in [1.82, 2.24) is 9.97 Å². The zero-order valence-corrected chi connectivity index (χ0v) is 12.1. The topological polar surface area (TPSA) is 109 Å². The summed E-state index contributed by atoms with van der Waals surface area (Å²) in [5.74, 6) is -0.705. The van der Waals surface area contributed by atoms with Gasteiger partial charge in [-0.15, -0.1) is 0 Å². The summed E-state index contributed by atoms with van der Waals surface area (Å²) >= 11 is 0. The van der Waals surface area contributed by atoms with E-state index >= 15 is 0 Å². The number of H-pyrrole nitrogens is 1. The first-order valence-corrected chi connectivity index (χ1v) is 6.79. The van der Waals surface area contributed by atoms with E-state index in [4.69, 9.17) is 0 Å². The smallest absolute Gasteiger partial charge is 0.274 e. The van der Waals surface area contributed by atoms with Crippen molar-refractivity contribution in [3.8, 4) is 0 Å². The minimum atomic E-state index is -0.614. The predicted molar refractivity (Wildman–Crippen MR) is 85.9 cm³/mol. The average Bonchev–Trinajstić information content (AvgIpc) is 2.55. The Bertz CT molecular complexity index is 1030. The number of nitro benzene ring substituents is 1. The molecule has 3 rings (SSSR count). The molecule has 0 fully saturated rings. The lowest BCUT2D eigenvalue weighted by atomic mass is 10.1. The van der Waals surface area contributed by atoms with E-state index < -0.39 is 16.3 Å². The highest BCUT2D eigenvalue weighted by atomic mass is 19.1. The third-order valence-electron chi connectivity index (χ3n) is 3.33. The normalized spacial score (nSPS) is 11.6. The van der Waals surface area contributed by atoms with Gasteiger partial charge in [-0.3, -0.25) is 14.9 Å². The largest absolute Gasteiger partial charge is 0.507 e. The fraction of sp³-hybridized carbons (Fsp3) is 0. The van der Waals surface area contributed by atoms with Gasteiger partial charge in [0.25, 0.3) is 11.2 Å². The first-order chi connectivity index (χ1) is 11.4. The SMILES string of the molecule is O=c1[nH]c2cc([N+](=O)[O-])ccc2nc1C=C(O)c1ccc(F)cc1. The second-order valence-electron chi connectivity index (χ2n) is 4.95. The van der Waals surface area contributed by atoms with E-state index in [1.165, 1.54) is 42.5 Å². The lowest BCUT2D eigenvalue weighted by Gasteiger charge is -2.02. The summed E-state index contributed by atoms with van der Waals surface area (Å²) in [6, 6.07) is 8.94. The molecule has 0 aliphatic heterocycles. The molecule has 24 heavy (non-hydrogen) atoms. The summed E-state index contributed by atoms with van der Waals surface area (Å²) in [7, 11) is 0. The van der Waals surface area contributed by atoms with Crippen LogP contribution in [0.2, 0.25) is 0 Å². The number of benzene rings is 2. The standard InChI is InChI=1S/C16H10FN3O4/c17-10-3-1-9(2-4-10)15(21)8-14-16(22)19-13-7-11(20(23)24)5-6-12(13)18-14/h1-8,21H,(H,19,22). The molecule has 8 heteroatoms. The van der Waals surface area contributed by atoms with Crippen LogP contribution in [0.25, 0.3) is 22.9 Å². The number of halogens is 1. The highest BCUT2D eigenvalue weighted by Crippen LogP contribution is 2.18. The van der Waals surface area contributed by atoms with Crippen molar-refractivity contribution in [1.29, 1.82) is 0 Å². The van der Waals surface area contributed by atoms with Crippen LogP contribution in [0, 0.1) is 15.9 Å². The molecular weight excluding hydrogens is 317 g/mol. The van der Waals surface area contributed by atoms with Gasteiger partial charge in [-0.25, -0.2) is 9.37 Å². The number of rotatable bonds is 3. The molecule has 0 amide bonds. The highest BCUT2D eigenvalue weighted by Gasteiger charge is 2.10. The Hall–Kier alpha value is -3.55. The van der Waals surface area contributed by atoms with Crippen LogP contribution in [0.3, 0.4) is 0 Å². The zero-order chi connectivity index (χ0) is 17.3. The Morgan fingerprint density at radius 3 is 2.62 bits per heavy atom. The van der Waals surface area contributed by atoms with Crippen LogP contribution in [-0.4, -0.2) is 20.0 Å². The second-order valence-corrected chi connectivity index (χ2v) is 4.95. The molecule has 1 heterocycles. The van der Waals surface area contributed by atoms with Crippen LogP contribution < -0.4 is 5.56 Å². The number of aliphatic hydroxyl groups excluding tert-OH is 1. The van der Waals surface area contributed by atoms with Gasteiger partial charge in [-0.05, 0) is 30.3 Å². The van der Waals surface area contributed by atoms with Gasteiger partial charge >= 0.3 is 0 Å². The highest BCUT2D eigenvalue weighted by molar-refractivity contribution is 5.80. The molecule has 0 spiro atoms. The van der Waals surface area contributed by atoms with E-state index in [2.05, 4.69) is 9.97 Å². The monoisotopic (exact) mass is 327 g/mol. The first kappa shape index (κ1) is 15.3. The van der Waals surface area contributed by atoms with Crippen molar-refractivity contribution in [2.75, 3.05) is 0 Å². The summed E-state index contributed by atoms with van der Waals surface area (Å²) in [6.07, 6.45) is 1.15. The van der Waals surface area contributed by atoms with Crippen molar-refractivity contribution >= 4 is 28.6 Å². The molecule has 0 unspecified atom stereocenters. The second kappa shape index (κ2) is 5.92. The Morgan fingerprint density at radius 1 is 1.25 bits per heavy atom. The predicted octanol–water partition coefficient (Wildman–Crippen LogP) is 3.03. The van der Waals surface area contributed by atoms with E-state index in [0.29, 0.717) is 11.1 Å². The minimum absolute atomic E-state index is 0.0711. The zero-order valence-electron chi connectivity index (χ0n) is 12.1. The molecule has 0 aliphatic rings. The van der Waals surface area contributed by atoms with Gasteiger partial charge in [0.15, 0.2) is 0 Å². The van der Waals surface area contributed by atoms with Crippen molar-refractivity contribution in [3.05, 3.63) is 80.0 Å². The molecule has 0 radical (unpaired) electrons. The summed E-state index contributed by atoms with van der Waals surface area (Å²) < 4.78 is 12.9. The average molecular weight is 327 g/mol. The van der Waals surface area contributed by atoms with E-state index in [-0.39, 0.29) is 22.7 Å². The fourth-order valence-corrected chi connectivity index (χ4v) is 2.13. The molecule has 0 saturated carbocycles. The Labute approximate surface area is 133 Å². The van der Waals surface area contributed by atoms with Crippen LogP contribution in [0.5, 0.6) is 0 Å². The van der Waals surface area contributed by atoms with E-state index in [0.717, 1.165) is 6.08 Å². The Morgan fingerprint density at radius 2 is 1.96 bits per heavy atom. The number of aliphatic hydroxyl groups is 1. The summed E-state index contributed by atoms with van der Waals surface area (Å²) in [6.45, 7) is 0. The van der Waals surface area contributed by atoms with Crippen LogP contribution in [-0.2, 0) is 0 Å². The summed E-state index contributed by atoms with van der Waals surface area (Å²) in [4.78, 5) is 28.8. The first-order valence-electron chi connectivity index (χ1n) is 6.79. The number of hydrogen-bond acceptors (Lipinski definition) is 5. The van der Waals surface area contributed by atoms with E-state index in [1.54, 1.807) is 0 Å². The number of nitrogens with one attached hydrogen (secondary N) is 1. The van der Waals surface area contributed by atoms with Gasteiger partial charge in [0, 0.05) is 23.8 Å². The minimum Gasteiger partial charge on any atom is -0.507 e. The Balaban J connectivity index is 2.06.